The van der Waals surface area contributed by atoms with Crippen LogP contribution in [0.5, 0.6) is 0 Å². The van der Waals surface area contributed by atoms with Gasteiger partial charge in [0, 0.05) is 18.6 Å². The Balaban J connectivity index is 2.20. The van der Waals surface area contributed by atoms with Gasteiger partial charge in [-0.05, 0) is 19.1 Å². The topological polar surface area (TPSA) is 52.8 Å². The van der Waals surface area contributed by atoms with Gasteiger partial charge >= 0.3 is 0 Å². The number of thiazole rings is 1. The maximum Gasteiger partial charge on any atom is 0.146 e. The number of nitrogens with zero attached hydrogens (tertiary/aromatic N) is 4. The summed E-state index contributed by atoms with van der Waals surface area (Å²) in [6.07, 6.45) is 1.69. The lowest BCUT2D eigenvalue weighted by Crippen LogP contribution is -2.19. The van der Waals surface area contributed by atoms with Crippen molar-refractivity contribution in [2.24, 2.45) is 0 Å². The third kappa shape index (κ3) is 2.60. The molecule has 0 bridgehead atoms. The molecule has 86 valence electrons. The van der Waals surface area contributed by atoms with E-state index in [4.69, 9.17) is 5.26 Å². The lowest BCUT2D eigenvalue weighted by molar-refractivity contribution is 0.868. The van der Waals surface area contributed by atoms with Crippen molar-refractivity contribution in [3.05, 3.63) is 40.0 Å². The minimum Gasteiger partial charge on any atom is -0.353 e. The van der Waals surface area contributed by atoms with Crippen molar-refractivity contribution in [1.29, 1.82) is 5.26 Å². The van der Waals surface area contributed by atoms with E-state index in [1.165, 1.54) is 0 Å². The van der Waals surface area contributed by atoms with Gasteiger partial charge in [-0.2, -0.15) is 5.26 Å². The largest absolute Gasteiger partial charge is 0.353 e. The maximum atomic E-state index is 9.01. The average Bonchev–Trinajstić information content (AvgIpc) is 2.74. The van der Waals surface area contributed by atoms with Gasteiger partial charge in [-0.15, -0.1) is 11.3 Å². The first-order valence-corrected chi connectivity index (χ1v) is 6.06. The van der Waals surface area contributed by atoms with E-state index in [1.807, 2.05) is 24.3 Å². The minimum atomic E-state index is 0.585. The molecule has 0 spiro atoms. The first-order chi connectivity index (χ1) is 8.20. The highest BCUT2D eigenvalue weighted by Gasteiger charge is 2.09. The summed E-state index contributed by atoms with van der Waals surface area (Å²) in [7, 11) is 1.91. The van der Waals surface area contributed by atoms with Crippen LogP contribution in [0.4, 0.5) is 5.82 Å². The van der Waals surface area contributed by atoms with Gasteiger partial charge in [0.1, 0.15) is 11.9 Å². The summed E-state index contributed by atoms with van der Waals surface area (Å²) in [4.78, 5) is 10.6. The summed E-state index contributed by atoms with van der Waals surface area (Å²) in [6, 6.07) is 5.68. The van der Waals surface area contributed by atoms with Crippen LogP contribution in [-0.2, 0) is 6.54 Å². The summed E-state index contributed by atoms with van der Waals surface area (Å²) >= 11 is 1.63. The van der Waals surface area contributed by atoms with E-state index in [0.29, 0.717) is 17.9 Å². The van der Waals surface area contributed by atoms with E-state index in [1.54, 1.807) is 29.7 Å². The van der Waals surface area contributed by atoms with Crippen LogP contribution in [-0.4, -0.2) is 17.0 Å². The molecule has 0 unspecified atom stereocenters. The number of hydrogen-bond acceptors (Lipinski definition) is 5. The van der Waals surface area contributed by atoms with Crippen LogP contribution < -0.4 is 4.90 Å². The fraction of sp³-hybridized carbons (Fsp3) is 0.250. The number of rotatable bonds is 3. The highest BCUT2D eigenvalue weighted by atomic mass is 32.1. The second-order valence-corrected chi connectivity index (χ2v) is 4.76. The molecule has 2 heterocycles. The number of anilines is 1. The smallest absolute Gasteiger partial charge is 0.146 e. The summed E-state index contributed by atoms with van der Waals surface area (Å²) in [5.41, 5.74) is 1.59. The Labute approximate surface area is 104 Å². The van der Waals surface area contributed by atoms with Crippen LogP contribution in [0.2, 0.25) is 0 Å². The molecule has 4 nitrogen and oxygen atoms in total. The first kappa shape index (κ1) is 11.6. The predicted molar refractivity (Wildman–Crippen MR) is 67.9 cm³/mol. The van der Waals surface area contributed by atoms with Crippen molar-refractivity contribution in [3.8, 4) is 6.07 Å². The molecular weight excluding hydrogens is 232 g/mol. The van der Waals surface area contributed by atoms with Crippen LogP contribution in [0.15, 0.2) is 23.7 Å². The van der Waals surface area contributed by atoms with Crippen molar-refractivity contribution in [2.75, 3.05) is 11.9 Å². The highest BCUT2D eigenvalue weighted by molar-refractivity contribution is 7.09. The molecule has 17 heavy (non-hydrogen) atoms. The van der Waals surface area contributed by atoms with Crippen molar-refractivity contribution in [1.82, 2.24) is 9.97 Å². The van der Waals surface area contributed by atoms with Crippen molar-refractivity contribution in [3.63, 3.8) is 0 Å². The maximum absolute atomic E-state index is 9.01. The fourth-order valence-corrected chi connectivity index (χ4v) is 2.19. The van der Waals surface area contributed by atoms with E-state index in [-0.39, 0.29) is 0 Å². The van der Waals surface area contributed by atoms with Gasteiger partial charge in [0.05, 0.1) is 22.8 Å². The Kier molecular flexibility index (Phi) is 3.35. The molecule has 0 aliphatic carbocycles. The molecule has 2 aromatic rings. The van der Waals surface area contributed by atoms with Gasteiger partial charge in [-0.25, -0.2) is 9.97 Å². The third-order valence-electron chi connectivity index (χ3n) is 2.33. The number of pyridine rings is 1. The highest BCUT2D eigenvalue weighted by Crippen LogP contribution is 2.17. The quantitative estimate of drug-likeness (QED) is 0.831. The predicted octanol–water partition coefficient (Wildman–Crippen LogP) is 2.35. The molecule has 0 N–H and O–H groups in total. The molecular formula is C12H12N4S. The van der Waals surface area contributed by atoms with E-state index in [9.17, 15) is 0 Å². The van der Waals surface area contributed by atoms with Crippen LogP contribution in [0.3, 0.4) is 0 Å². The normalized spacial score (nSPS) is 9.94. The molecule has 5 heteroatoms. The Morgan fingerprint density at radius 2 is 2.35 bits per heavy atom. The minimum absolute atomic E-state index is 0.585. The molecule has 0 saturated heterocycles. The Morgan fingerprint density at radius 1 is 1.53 bits per heavy atom. The van der Waals surface area contributed by atoms with Crippen LogP contribution in [0.25, 0.3) is 0 Å². The summed E-state index contributed by atoms with van der Waals surface area (Å²) in [6.45, 7) is 2.64. The van der Waals surface area contributed by atoms with Crippen LogP contribution in [0, 0.1) is 18.3 Å². The summed E-state index contributed by atoms with van der Waals surface area (Å²) < 4.78 is 0. The fourth-order valence-electron chi connectivity index (χ4n) is 1.59. The van der Waals surface area contributed by atoms with E-state index in [2.05, 4.69) is 16.0 Å². The van der Waals surface area contributed by atoms with E-state index < -0.39 is 0 Å². The number of aryl methyl sites for hydroxylation is 1. The van der Waals surface area contributed by atoms with E-state index in [0.717, 1.165) is 10.7 Å². The van der Waals surface area contributed by atoms with Crippen LogP contribution in [0.1, 0.15) is 16.3 Å². The zero-order chi connectivity index (χ0) is 12.3. The number of nitriles is 1. The molecule has 0 aliphatic rings. The number of aromatic nitrogens is 2. The first-order valence-electron chi connectivity index (χ1n) is 5.18. The standard InChI is InChI=1S/C12H12N4S/c1-9-15-11(8-17-9)7-16(2)12-10(6-13)4-3-5-14-12/h3-5,8H,7H2,1-2H3. The summed E-state index contributed by atoms with van der Waals surface area (Å²) in [5.74, 6) is 0.695. The van der Waals surface area contributed by atoms with Gasteiger partial charge in [-0.3, -0.25) is 0 Å². The van der Waals surface area contributed by atoms with Crippen LogP contribution >= 0.6 is 11.3 Å². The molecule has 0 radical (unpaired) electrons. The molecule has 0 amide bonds. The lowest BCUT2D eigenvalue weighted by atomic mass is 10.2. The molecule has 0 aromatic carbocycles. The lowest BCUT2D eigenvalue weighted by Gasteiger charge is -2.17. The monoisotopic (exact) mass is 244 g/mol. The Bertz CT molecular complexity index is 556. The van der Waals surface area contributed by atoms with Gasteiger partial charge in [0.15, 0.2) is 0 Å². The van der Waals surface area contributed by atoms with Crippen molar-refractivity contribution >= 4 is 17.2 Å². The van der Waals surface area contributed by atoms with Crippen molar-refractivity contribution < 1.29 is 0 Å². The molecule has 2 aromatic heterocycles. The van der Waals surface area contributed by atoms with Gasteiger partial charge in [0.25, 0.3) is 0 Å². The van der Waals surface area contributed by atoms with E-state index >= 15 is 0 Å². The Morgan fingerprint density at radius 3 is 3.00 bits per heavy atom. The second kappa shape index (κ2) is 4.93. The van der Waals surface area contributed by atoms with Gasteiger partial charge in [0.2, 0.25) is 0 Å². The average molecular weight is 244 g/mol. The second-order valence-electron chi connectivity index (χ2n) is 3.70. The SMILES string of the molecule is Cc1nc(CN(C)c2ncccc2C#N)cs1. The molecule has 0 aliphatic heterocycles. The zero-order valence-electron chi connectivity index (χ0n) is 9.71. The molecule has 0 atom stereocenters. The molecule has 2 rings (SSSR count). The Hall–Kier alpha value is -1.93. The summed E-state index contributed by atoms with van der Waals surface area (Å²) in [5, 5.41) is 12.1. The zero-order valence-corrected chi connectivity index (χ0v) is 10.5. The van der Waals surface area contributed by atoms with Gasteiger partial charge < -0.3 is 4.90 Å². The molecule has 0 saturated carbocycles. The third-order valence-corrected chi connectivity index (χ3v) is 3.16. The number of hydrogen-bond donors (Lipinski definition) is 0. The van der Waals surface area contributed by atoms with Gasteiger partial charge in [-0.1, -0.05) is 0 Å². The molecule has 0 fully saturated rings. The van der Waals surface area contributed by atoms with Crippen molar-refractivity contribution in [2.45, 2.75) is 13.5 Å².